The summed E-state index contributed by atoms with van der Waals surface area (Å²) >= 11 is 0. The first kappa shape index (κ1) is 15.4. The Morgan fingerprint density at radius 3 is 2.73 bits per heavy atom. The number of aromatic amines is 1. The number of pyridine rings is 1. The SMILES string of the molecule is CC1C(=O)N(C2CC2)CCN1c1ccc2[nH]nc(-c3cnn(C)c3)c2n1. The average molecular weight is 351 g/mol. The van der Waals surface area contributed by atoms with E-state index in [0.717, 1.165) is 54.0 Å². The van der Waals surface area contributed by atoms with Crippen molar-refractivity contribution in [3.05, 3.63) is 24.5 Å². The van der Waals surface area contributed by atoms with Gasteiger partial charge in [-0.3, -0.25) is 14.6 Å². The van der Waals surface area contributed by atoms with Crippen molar-refractivity contribution >= 4 is 22.8 Å². The molecule has 3 aromatic heterocycles. The molecule has 1 aliphatic heterocycles. The number of aromatic nitrogens is 5. The summed E-state index contributed by atoms with van der Waals surface area (Å²) in [7, 11) is 1.88. The molecule has 8 heteroatoms. The standard InChI is InChI=1S/C18H21N7O/c1-11-18(26)25(13-3-4-13)8-7-24(11)15-6-5-14-17(20-15)16(22-21-14)12-9-19-23(2)10-12/h5-6,9-11,13H,3-4,7-8H2,1-2H3,(H,21,22). The third kappa shape index (κ3) is 2.36. The Morgan fingerprint density at radius 2 is 2.00 bits per heavy atom. The summed E-state index contributed by atoms with van der Waals surface area (Å²) in [6.45, 7) is 3.55. The Bertz CT molecular complexity index is 987. The predicted octanol–water partition coefficient (Wildman–Crippen LogP) is 1.56. The molecule has 0 bridgehead atoms. The Hall–Kier alpha value is -2.90. The number of aryl methyl sites for hydroxylation is 1. The van der Waals surface area contributed by atoms with Gasteiger partial charge in [0.2, 0.25) is 5.91 Å². The molecular formula is C18H21N7O. The highest BCUT2D eigenvalue weighted by Crippen LogP contribution is 2.32. The molecule has 2 fully saturated rings. The van der Waals surface area contributed by atoms with Gasteiger partial charge in [-0.1, -0.05) is 0 Å². The van der Waals surface area contributed by atoms with Gasteiger partial charge in [0.05, 0.1) is 11.7 Å². The zero-order valence-corrected chi connectivity index (χ0v) is 14.9. The lowest BCUT2D eigenvalue weighted by molar-refractivity contribution is -0.134. The molecule has 1 saturated carbocycles. The van der Waals surface area contributed by atoms with E-state index < -0.39 is 0 Å². The maximum absolute atomic E-state index is 12.7. The minimum absolute atomic E-state index is 0.192. The van der Waals surface area contributed by atoms with Gasteiger partial charge in [0.15, 0.2) is 0 Å². The summed E-state index contributed by atoms with van der Waals surface area (Å²) in [5.41, 5.74) is 3.39. The molecule has 3 aromatic rings. The first-order valence-corrected chi connectivity index (χ1v) is 9.03. The largest absolute Gasteiger partial charge is 0.343 e. The second-order valence-corrected chi connectivity index (χ2v) is 7.17. The van der Waals surface area contributed by atoms with Crippen molar-refractivity contribution in [2.24, 2.45) is 7.05 Å². The van der Waals surface area contributed by atoms with Crippen LogP contribution in [0.25, 0.3) is 22.3 Å². The van der Waals surface area contributed by atoms with Crippen LogP contribution in [0.1, 0.15) is 19.8 Å². The smallest absolute Gasteiger partial charge is 0.245 e. The number of carbonyl (C=O) groups is 1. The van der Waals surface area contributed by atoms with Crippen LogP contribution in [0.2, 0.25) is 0 Å². The van der Waals surface area contributed by atoms with E-state index in [2.05, 4.69) is 20.2 Å². The van der Waals surface area contributed by atoms with Crippen LogP contribution in [-0.2, 0) is 11.8 Å². The fourth-order valence-electron chi connectivity index (χ4n) is 3.75. The van der Waals surface area contributed by atoms with E-state index >= 15 is 0 Å². The van der Waals surface area contributed by atoms with Crippen molar-refractivity contribution < 1.29 is 4.79 Å². The van der Waals surface area contributed by atoms with E-state index in [9.17, 15) is 4.79 Å². The van der Waals surface area contributed by atoms with Gasteiger partial charge in [-0.15, -0.1) is 0 Å². The molecule has 4 heterocycles. The van der Waals surface area contributed by atoms with Crippen molar-refractivity contribution in [3.63, 3.8) is 0 Å². The molecular weight excluding hydrogens is 330 g/mol. The summed E-state index contributed by atoms with van der Waals surface area (Å²) in [5.74, 6) is 1.03. The van der Waals surface area contributed by atoms with E-state index in [4.69, 9.17) is 4.98 Å². The van der Waals surface area contributed by atoms with Crippen LogP contribution in [0.5, 0.6) is 0 Å². The third-order valence-electron chi connectivity index (χ3n) is 5.34. The zero-order valence-electron chi connectivity index (χ0n) is 14.9. The van der Waals surface area contributed by atoms with Crippen LogP contribution in [0, 0.1) is 0 Å². The number of hydrogen-bond acceptors (Lipinski definition) is 5. The quantitative estimate of drug-likeness (QED) is 0.774. The highest BCUT2D eigenvalue weighted by Gasteiger charge is 2.39. The number of fused-ring (bicyclic) bond motifs is 1. The number of amides is 1. The Kier molecular flexibility index (Phi) is 3.28. The third-order valence-corrected chi connectivity index (χ3v) is 5.34. The second-order valence-electron chi connectivity index (χ2n) is 7.17. The Morgan fingerprint density at radius 1 is 1.19 bits per heavy atom. The molecule has 5 rings (SSSR count). The van der Waals surface area contributed by atoms with Crippen LogP contribution >= 0.6 is 0 Å². The summed E-state index contributed by atoms with van der Waals surface area (Å²) in [5, 5.41) is 11.7. The Balaban J connectivity index is 1.50. The zero-order chi connectivity index (χ0) is 17.8. The molecule has 1 aliphatic carbocycles. The first-order valence-electron chi connectivity index (χ1n) is 9.03. The van der Waals surface area contributed by atoms with Crippen molar-refractivity contribution in [2.45, 2.75) is 31.8 Å². The lowest BCUT2D eigenvalue weighted by atomic mass is 10.1. The molecule has 1 unspecified atom stereocenters. The van der Waals surface area contributed by atoms with Crippen LogP contribution in [0.3, 0.4) is 0 Å². The molecule has 1 amide bonds. The molecule has 26 heavy (non-hydrogen) atoms. The van der Waals surface area contributed by atoms with Gasteiger partial charge in [0.25, 0.3) is 0 Å². The molecule has 1 N–H and O–H groups in total. The van der Waals surface area contributed by atoms with Gasteiger partial charge in [0, 0.05) is 37.9 Å². The van der Waals surface area contributed by atoms with E-state index in [-0.39, 0.29) is 11.9 Å². The molecule has 1 atom stereocenters. The van der Waals surface area contributed by atoms with Gasteiger partial charge in [-0.25, -0.2) is 4.98 Å². The normalized spacial score (nSPS) is 21.0. The monoisotopic (exact) mass is 351 g/mol. The van der Waals surface area contributed by atoms with Crippen molar-refractivity contribution in [3.8, 4) is 11.3 Å². The summed E-state index contributed by atoms with van der Waals surface area (Å²) in [6.07, 6.45) is 5.99. The number of nitrogens with one attached hydrogen (secondary N) is 1. The number of carbonyl (C=O) groups excluding carboxylic acids is 1. The minimum atomic E-state index is -0.192. The average Bonchev–Trinajstić information content (AvgIpc) is 3.25. The maximum atomic E-state index is 12.7. The van der Waals surface area contributed by atoms with Crippen LogP contribution in [0.15, 0.2) is 24.5 Å². The van der Waals surface area contributed by atoms with Crippen molar-refractivity contribution in [2.75, 3.05) is 18.0 Å². The van der Waals surface area contributed by atoms with E-state index in [1.54, 1.807) is 10.9 Å². The highest BCUT2D eigenvalue weighted by molar-refractivity contribution is 5.91. The summed E-state index contributed by atoms with van der Waals surface area (Å²) in [6, 6.07) is 4.22. The lowest BCUT2D eigenvalue weighted by Crippen LogP contribution is -2.56. The number of H-pyrrole nitrogens is 1. The van der Waals surface area contributed by atoms with Gasteiger partial charge < -0.3 is 9.80 Å². The minimum Gasteiger partial charge on any atom is -0.343 e. The molecule has 134 valence electrons. The van der Waals surface area contributed by atoms with Crippen LogP contribution in [-0.4, -0.2) is 60.9 Å². The number of nitrogens with zero attached hydrogens (tertiary/aromatic N) is 6. The molecule has 0 spiro atoms. The highest BCUT2D eigenvalue weighted by atomic mass is 16.2. The van der Waals surface area contributed by atoms with Gasteiger partial charge >= 0.3 is 0 Å². The maximum Gasteiger partial charge on any atom is 0.245 e. The number of rotatable bonds is 3. The van der Waals surface area contributed by atoms with E-state index in [1.165, 1.54) is 0 Å². The van der Waals surface area contributed by atoms with Crippen molar-refractivity contribution in [1.82, 2.24) is 29.9 Å². The summed E-state index contributed by atoms with van der Waals surface area (Å²) < 4.78 is 1.75. The topological polar surface area (TPSA) is 82.9 Å². The number of anilines is 1. The number of piperazine rings is 1. The van der Waals surface area contributed by atoms with Gasteiger partial charge in [-0.05, 0) is 31.9 Å². The van der Waals surface area contributed by atoms with Crippen molar-refractivity contribution in [1.29, 1.82) is 0 Å². The Labute approximate surface area is 150 Å². The fourth-order valence-corrected chi connectivity index (χ4v) is 3.75. The summed E-state index contributed by atoms with van der Waals surface area (Å²) in [4.78, 5) is 21.7. The second kappa shape index (κ2) is 5.55. The lowest BCUT2D eigenvalue weighted by Gasteiger charge is -2.40. The molecule has 0 aromatic carbocycles. The molecule has 2 aliphatic rings. The van der Waals surface area contributed by atoms with Crippen LogP contribution in [0.4, 0.5) is 5.82 Å². The first-order chi connectivity index (χ1) is 12.6. The fraction of sp³-hybridized carbons (Fsp3) is 0.444. The van der Waals surface area contributed by atoms with Gasteiger partial charge in [0.1, 0.15) is 23.1 Å². The number of hydrogen-bond donors (Lipinski definition) is 1. The van der Waals surface area contributed by atoms with E-state index in [0.29, 0.717) is 6.04 Å². The van der Waals surface area contributed by atoms with E-state index in [1.807, 2.05) is 37.2 Å². The van der Waals surface area contributed by atoms with Gasteiger partial charge in [-0.2, -0.15) is 10.2 Å². The van der Waals surface area contributed by atoms with Crippen LogP contribution < -0.4 is 4.90 Å². The molecule has 0 radical (unpaired) electrons. The molecule has 1 saturated heterocycles. The predicted molar refractivity (Wildman–Crippen MR) is 97.6 cm³/mol. The molecule has 8 nitrogen and oxygen atoms in total.